The van der Waals surface area contributed by atoms with Gasteiger partial charge in [0.1, 0.15) is 11.6 Å². The summed E-state index contributed by atoms with van der Waals surface area (Å²) in [6.07, 6.45) is 1.36. The Balaban J connectivity index is 2.30. The third-order valence-corrected chi connectivity index (χ3v) is 4.04. The van der Waals surface area contributed by atoms with Crippen LogP contribution in [0.3, 0.4) is 0 Å². The zero-order chi connectivity index (χ0) is 17.0. The molecule has 1 amide bonds. The normalized spacial score (nSPS) is 11.0. The number of amides is 1. The molecule has 0 radical (unpaired) electrons. The summed E-state index contributed by atoms with van der Waals surface area (Å²) in [5.74, 6) is -0.609. The highest BCUT2D eigenvalue weighted by atomic mass is 35.5. The van der Waals surface area contributed by atoms with E-state index in [1.54, 1.807) is 18.2 Å². The molecule has 0 unspecified atom stereocenters. The molecule has 7 heteroatoms. The summed E-state index contributed by atoms with van der Waals surface area (Å²) in [5.41, 5.74) is 0.714. The van der Waals surface area contributed by atoms with E-state index in [2.05, 4.69) is 5.32 Å². The molecule has 0 heterocycles. The fraction of sp³-hybridized carbons (Fsp3) is 0. The third kappa shape index (κ3) is 4.63. The lowest BCUT2D eigenvalue weighted by Gasteiger charge is -2.06. The summed E-state index contributed by atoms with van der Waals surface area (Å²) >= 11 is 23.7. The van der Waals surface area contributed by atoms with Crippen molar-refractivity contribution in [2.75, 3.05) is 5.32 Å². The van der Waals surface area contributed by atoms with E-state index < -0.39 is 5.91 Å². The molecule has 0 spiro atoms. The minimum absolute atomic E-state index is 0.134. The lowest BCUT2D eigenvalue weighted by molar-refractivity contribution is -0.112. The van der Waals surface area contributed by atoms with E-state index in [1.165, 1.54) is 24.3 Å². The Hall–Kier alpha value is -1.70. The van der Waals surface area contributed by atoms with Crippen LogP contribution in [0.25, 0.3) is 6.08 Å². The van der Waals surface area contributed by atoms with Crippen LogP contribution in [-0.4, -0.2) is 5.91 Å². The smallest absolute Gasteiger partial charge is 0.266 e. The zero-order valence-electron chi connectivity index (χ0n) is 11.4. The molecular formula is C16H8Cl4N2O. The number of nitrogens with zero attached hydrogens (tertiary/aromatic N) is 1. The number of carbonyl (C=O) groups is 1. The van der Waals surface area contributed by atoms with Gasteiger partial charge in [-0.1, -0.05) is 58.5 Å². The van der Waals surface area contributed by atoms with Gasteiger partial charge in [-0.2, -0.15) is 5.26 Å². The number of rotatable bonds is 3. The highest BCUT2D eigenvalue weighted by Crippen LogP contribution is 2.27. The maximum absolute atomic E-state index is 12.2. The first-order valence-corrected chi connectivity index (χ1v) is 7.75. The fourth-order valence-corrected chi connectivity index (χ4v) is 2.65. The molecular weight excluding hydrogens is 378 g/mol. The van der Waals surface area contributed by atoms with Crippen molar-refractivity contribution in [1.29, 1.82) is 5.26 Å². The lowest BCUT2D eigenvalue weighted by atomic mass is 10.1. The predicted octanol–water partition coefficient (Wildman–Crippen LogP) is 5.85. The van der Waals surface area contributed by atoms with E-state index in [9.17, 15) is 10.1 Å². The average molecular weight is 386 g/mol. The average Bonchev–Trinajstić information content (AvgIpc) is 2.47. The Bertz CT molecular complexity index is 820. The van der Waals surface area contributed by atoms with Crippen molar-refractivity contribution in [2.45, 2.75) is 0 Å². The van der Waals surface area contributed by atoms with Crippen LogP contribution in [0.1, 0.15) is 5.56 Å². The fourth-order valence-electron chi connectivity index (χ4n) is 1.76. The van der Waals surface area contributed by atoms with Gasteiger partial charge >= 0.3 is 0 Å². The highest BCUT2D eigenvalue weighted by Gasteiger charge is 2.12. The van der Waals surface area contributed by atoms with Crippen LogP contribution in [0.15, 0.2) is 42.0 Å². The van der Waals surface area contributed by atoms with Crippen LogP contribution >= 0.6 is 46.4 Å². The van der Waals surface area contributed by atoms with E-state index >= 15 is 0 Å². The van der Waals surface area contributed by atoms with Crippen molar-refractivity contribution in [1.82, 2.24) is 0 Å². The van der Waals surface area contributed by atoms with Gasteiger partial charge in [0.2, 0.25) is 0 Å². The molecule has 0 fully saturated rings. The maximum Gasteiger partial charge on any atom is 0.266 e. The standard InChI is InChI=1S/C16H8Cl4N2O/c17-11-5-12(18)7-13(6-11)22-16(23)10(8-21)4-9-2-1-3-14(19)15(9)20/h1-7H,(H,22,23)/b10-4+. The van der Waals surface area contributed by atoms with Crippen LogP contribution in [0.4, 0.5) is 5.69 Å². The quantitative estimate of drug-likeness (QED) is 0.532. The second-order valence-corrected chi connectivity index (χ2v) is 6.08. The first-order chi connectivity index (χ1) is 10.9. The minimum Gasteiger partial charge on any atom is -0.321 e. The van der Waals surface area contributed by atoms with Crippen molar-refractivity contribution < 1.29 is 4.79 Å². The summed E-state index contributed by atoms with van der Waals surface area (Å²) < 4.78 is 0. The zero-order valence-corrected chi connectivity index (χ0v) is 14.4. The number of nitrogens with one attached hydrogen (secondary N) is 1. The number of halogens is 4. The topological polar surface area (TPSA) is 52.9 Å². The Kier molecular flexibility index (Phi) is 5.92. The Morgan fingerprint density at radius 2 is 1.74 bits per heavy atom. The molecule has 0 aliphatic rings. The molecule has 2 rings (SSSR count). The molecule has 2 aromatic carbocycles. The number of nitriles is 1. The molecule has 23 heavy (non-hydrogen) atoms. The van der Waals surface area contributed by atoms with Gasteiger partial charge < -0.3 is 5.32 Å². The lowest BCUT2D eigenvalue weighted by Crippen LogP contribution is -2.13. The van der Waals surface area contributed by atoms with Crippen molar-refractivity contribution in [2.24, 2.45) is 0 Å². The highest BCUT2D eigenvalue weighted by molar-refractivity contribution is 6.43. The van der Waals surface area contributed by atoms with Gasteiger partial charge in [-0.15, -0.1) is 0 Å². The first-order valence-electron chi connectivity index (χ1n) is 6.24. The third-order valence-electron chi connectivity index (χ3n) is 2.77. The Morgan fingerprint density at radius 1 is 1.09 bits per heavy atom. The van der Waals surface area contributed by atoms with Crippen molar-refractivity contribution in [3.8, 4) is 6.07 Å². The molecule has 2 aromatic rings. The Labute approximate surface area is 153 Å². The summed E-state index contributed by atoms with van der Waals surface area (Å²) in [7, 11) is 0. The van der Waals surface area contributed by atoms with Gasteiger partial charge in [0.05, 0.1) is 10.0 Å². The summed E-state index contributed by atoms with van der Waals surface area (Å²) in [5, 5.41) is 13.1. The van der Waals surface area contributed by atoms with Crippen LogP contribution in [0, 0.1) is 11.3 Å². The maximum atomic E-state index is 12.2. The van der Waals surface area contributed by atoms with E-state index in [0.717, 1.165) is 0 Å². The van der Waals surface area contributed by atoms with E-state index in [0.29, 0.717) is 26.3 Å². The van der Waals surface area contributed by atoms with Crippen molar-refractivity contribution >= 4 is 64.1 Å². The van der Waals surface area contributed by atoms with Gasteiger partial charge in [-0.25, -0.2) is 0 Å². The summed E-state index contributed by atoms with van der Waals surface area (Å²) in [6.45, 7) is 0. The molecule has 0 aromatic heterocycles. The van der Waals surface area contributed by atoms with Gasteiger partial charge in [0.25, 0.3) is 5.91 Å². The molecule has 0 saturated carbocycles. The molecule has 3 nitrogen and oxygen atoms in total. The monoisotopic (exact) mass is 384 g/mol. The summed E-state index contributed by atoms with van der Waals surface area (Å²) in [6, 6.07) is 11.3. The molecule has 1 N–H and O–H groups in total. The first kappa shape index (κ1) is 17.7. The van der Waals surface area contributed by atoms with Gasteiger partial charge in [0, 0.05) is 15.7 Å². The van der Waals surface area contributed by atoms with Gasteiger partial charge in [-0.3, -0.25) is 4.79 Å². The molecule has 0 bridgehead atoms. The molecule has 0 aliphatic carbocycles. The number of carbonyl (C=O) groups excluding carboxylic acids is 1. The van der Waals surface area contributed by atoms with E-state index in [-0.39, 0.29) is 10.6 Å². The van der Waals surface area contributed by atoms with Gasteiger partial charge in [-0.05, 0) is 35.9 Å². The SMILES string of the molecule is N#C/C(=C\c1cccc(Cl)c1Cl)C(=O)Nc1cc(Cl)cc(Cl)c1. The van der Waals surface area contributed by atoms with Crippen LogP contribution in [-0.2, 0) is 4.79 Å². The van der Waals surface area contributed by atoms with Gasteiger partial charge in [0.15, 0.2) is 0 Å². The van der Waals surface area contributed by atoms with E-state index in [1.807, 2.05) is 6.07 Å². The number of hydrogen-bond donors (Lipinski definition) is 1. The number of benzene rings is 2. The molecule has 0 aliphatic heterocycles. The van der Waals surface area contributed by atoms with E-state index in [4.69, 9.17) is 46.4 Å². The summed E-state index contributed by atoms with van der Waals surface area (Å²) in [4.78, 5) is 12.2. The van der Waals surface area contributed by atoms with Crippen molar-refractivity contribution in [3.63, 3.8) is 0 Å². The molecule has 116 valence electrons. The second-order valence-electron chi connectivity index (χ2n) is 4.43. The van der Waals surface area contributed by atoms with Crippen LogP contribution in [0.2, 0.25) is 20.1 Å². The minimum atomic E-state index is -0.609. The predicted molar refractivity (Wildman–Crippen MR) is 95.1 cm³/mol. The number of anilines is 1. The van der Waals surface area contributed by atoms with Crippen LogP contribution in [0.5, 0.6) is 0 Å². The Morgan fingerprint density at radius 3 is 2.35 bits per heavy atom. The van der Waals surface area contributed by atoms with Crippen LogP contribution < -0.4 is 5.32 Å². The number of hydrogen-bond acceptors (Lipinski definition) is 2. The largest absolute Gasteiger partial charge is 0.321 e. The van der Waals surface area contributed by atoms with Crippen molar-refractivity contribution in [3.05, 3.63) is 67.6 Å². The molecule has 0 saturated heterocycles. The second kappa shape index (κ2) is 7.72. The molecule has 0 atom stereocenters.